The van der Waals surface area contributed by atoms with Gasteiger partial charge in [0.15, 0.2) is 0 Å². The predicted octanol–water partition coefficient (Wildman–Crippen LogP) is 2.90. The number of benzene rings is 1. The lowest BCUT2D eigenvalue weighted by Gasteiger charge is -2.17. The molecule has 1 aromatic carbocycles. The summed E-state index contributed by atoms with van der Waals surface area (Å²) in [6.07, 6.45) is -0.0634. The van der Waals surface area contributed by atoms with Gasteiger partial charge in [0, 0.05) is 18.7 Å². The number of methoxy groups -OCH3 is 2. The normalized spacial score (nSPS) is 12.0. The van der Waals surface area contributed by atoms with Crippen LogP contribution in [0.4, 0.5) is 0 Å². The third-order valence-electron chi connectivity index (χ3n) is 3.05. The first-order valence-electron chi connectivity index (χ1n) is 7.20. The summed E-state index contributed by atoms with van der Waals surface area (Å²) in [5.41, 5.74) is 1.67. The lowest BCUT2D eigenvalue weighted by Crippen LogP contribution is -2.18. The van der Waals surface area contributed by atoms with E-state index >= 15 is 0 Å². The minimum Gasteiger partial charge on any atom is -0.494 e. The van der Waals surface area contributed by atoms with E-state index in [2.05, 4.69) is 10.2 Å². The standard InChI is InChI=1S/C16H22N2O4/c1-5-21-12-6-7-15(22-11(2)10-19-3)13(8-12)14-9-16(20-4)18-17-14/h6-9,11H,5,10H2,1-4H3,(H,17,18). The highest BCUT2D eigenvalue weighted by atomic mass is 16.5. The van der Waals surface area contributed by atoms with Crippen molar-refractivity contribution in [2.75, 3.05) is 27.4 Å². The van der Waals surface area contributed by atoms with Crippen molar-refractivity contribution < 1.29 is 18.9 Å². The third kappa shape index (κ3) is 3.92. The quantitative estimate of drug-likeness (QED) is 0.812. The molecular weight excluding hydrogens is 284 g/mol. The SMILES string of the molecule is CCOc1ccc(OC(C)COC)c(-c2cc(OC)n[nH]2)c1. The lowest BCUT2D eigenvalue weighted by atomic mass is 10.1. The second kappa shape index (κ2) is 7.70. The van der Waals surface area contributed by atoms with Gasteiger partial charge in [-0.15, -0.1) is 5.10 Å². The number of H-pyrrole nitrogens is 1. The average Bonchev–Trinajstić information content (AvgIpc) is 2.98. The van der Waals surface area contributed by atoms with E-state index in [0.717, 1.165) is 22.8 Å². The second-order valence-corrected chi connectivity index (χ2v) is 4.80. The van der Waals surface area contributed by atoms with Gasteiger partial charge in [0.1, 0.15) is 17.6 Å². The average molecular weight is 306 g/mol. The number of aromatic nitrogens is 2. The molecule has 2 aromatic rings. The molecule has 0 aliphatic rings. The van der Waals surface area contributed by atoms with E-state index in [0.29, 0.717) is 19.1 Å². The first kappa shape index (κ1) is 16.2. The largest absolute Gasteiger partial charge is 0.494 e. The van der Waals surface area contributed by atoms with Gasteiger partial charge in [-0.1, -0.05) is 0 Å². The molecule has 1 heterocycles. The molecule has 1 unspecified atom stereocenters. The molecule has 2 rings (SSSR count). The van der Waals surface area contributed by atoms with Crippen molar-refractivity contribution >= 4 is 0 Å². The fourth-order valence-corrected chi connectivity index (χ4v) is 2.11. The lowest BCUT2D eigenvalue weighted by molar-refractivity contribution is 0.0924. The summed E-state index contributed by atoms with van der Waals surface area (Å²) in [7, 11) is 3.23. The molecule has 1 atom stereocenters. The van der Waals surface area contributed by atoms with Crippen LogP contribution < -0.4 is 14.2 Å². The minimum absolute atomic E-state index is 0.0634. The Hall–Kier alpha value is -2.21. The Balaban J connectivity index is 2.34. The summed E-state index contributed by atoms with van der Waals surface area (Å²) >= 11 is 0. The first-order valence-corrected chi connectivity index (χ1v) is 7.20. The van der Waals surface area contributed by atoms with E-state index < -0.39 is 0 Å². The van der Waals surface area contributed by atoms with Crippen LogP contribution in [0.1, 0.15) is 13.8 Å². The van der Waals surface area contributed by atoms with Crippen molar-refractivity contribution in [3.05, 3.63) is 24.3 Å². The molecule has 1 N–H and O–H groups in total. The molecule has 120 valence electrons. The van der Waals surface area contributed by atoms with Gasteiger partial charge in [-0.25, -0.2) is 0 Å². The van der Waals surface area contributed by atoms with Crippen molar-refractivity contribution in [1.29, 1.82) is 0 Å². The van der Waals surface area contributed by atoms with E-state index in [-0.39, 0.29) is 6.10 Å². The van der Waals surface area contributed by atoms with Gasteiger partial charge in [0.25, 0.3) is 0 Å². The number of ether oxygens (including phenoxy) is 4. The zero-order chi connectivity index (χ0) is 15.9. The van der Waals surface area contributed by atoms with Gasteiger partial charge in [-0.3, -0.25) is 5.10 Å². The van der Waals surface area contributed by atoms with Crippen LogP contribution in [0.25, 0.3) is 11.3 Å². The molecule has 1 aromatic heterocycles. The van der Waals surface area contributed by atoms with Gasteiger partial charge in [0.05, 0.1) is 26.0 Å². The van der Waals surface area contributed by atoms with E-state index in [9.17, 15) is 0 Å². The molecule has 0 bridgehead atoms. The third-order valence-corrected chi connectivity index (χ3v) is 3.05. The highest BCUT2D eigenvalue weighted by Gasteiger charge is 2.14. The van der Waals surface area contributed by atoms with Crippen molar-refractivity contribution in [3.8, 4) is 28.6 Å². The van der Waals surface area contributed by atoms with Crippen LogP contribution in [0.2, 0.25) is 0 Å². The Morgan fingerprint density at radius 2 is 2.05 bits per heavy atom. The summed E-state index contributed by atoms with van der Waals surface area (Å²) in [6.45, 7) is 5.02. The summed E-state index contributed by atoms with van der Waals surface area (Å²) in [4.78, 5) is 0. The van der Waals surface area contributed by atoms with Gasteiger partial charge < -0.3 is 18.9 Å². The van der Waals surface area contributed by atoms with E-state index in [1.807, 2.05) is 38.1 Å². The molecule has 0 radical (unpaired) electrons. The number of aromatic amines is 1. The number of rotatable bonds is 8. The van der Waals surface area contributed by atoms with E-state index in [1.54, 1.807) is 14.2 Å². The fourth-order valence-electron chi connectivity index (χ4n) is 2.11. The van der Waals surface area contributed by atoms with Gasteiger partial charge in [-0.2, -0.15) is 0 Å². The minimum atomic E-state index is -0.0634. The number of hydrogen-bond donors (Lipinski definition) is 1. The molecule has 0 fully saturated rings. The van der Waals surface area contributed by atoms with Crippen LogP contribution in [0.5, 0.6) is 17.4 Å². The molecule has 0 amide bonds. The van der Waals surface area contributed by atoms with Gasteiger partial charge in [-0.05, 0) is 32.0 Å². The maximum atomic E-state index is 5.95. The molecule has 0 aliphatic carbocycles. The van der Waals surface area contributed by atoms with Gasteiger partial charge >= 0.3 is 0 Å². The number of hydrogen-bond acceptors (Lipinski definition) is 5. The van der Waals surface area contributed by atoms with Crippen molar-refractivity contribution in [3.63, 3.8) is 0 Å². The Labute approximate surface area is 130 Å². The maximum absolute atomic E-state index is 5.95. The maximum Gasteiger partial charge on any atom is 0.232 e. The summed E-state index contributed by atoms with van der Waals surface area (Å²) < 4.78 is 21.7. The molecule has 0 saturated carbocycles. The first-order chi connectivity index (χ1) is 10.7. The number of nitrogens with one attached hydrogen (secondary N) is 1. The fraction of sp³-hybridized carbons (Fsp3) is 0.438. The highest BCUT2D eigenvalue weighted by Crippen LogP contribution is 2.34. The van der Waals surface area contributed by atoms with Crippen molar-refractivity contribution in [1.82, 2.24) is 10.2 Å². The zero-order valence-corrected chi connectivity index (χ0v) is 13.4. The van der Waals surface area contributed by atoms with Gasteiger partial charge in [0.2, 0.25) is 5.88 Å². The van der Waals surface area contributed by atoms with Crippen LogP contribution in [0.3, 0.4) is 0 Å². The smallest absolute Gasteiger partial charge is 0.232 e. The van der Waals surface area contributed by atoms with E-state index in [4.69, 9.17) is 18.9 Å². The molecule has 6 heteroatoms. The number of nitrogens with zero attached hydrogens (tertiary/aromatic N) is 1. The van der Waals surface area contributed by atoms with Crippen LogP contribution in [0.15, 0.2) is 24.3 Å². The van der Waals surface area contributed by atoms with Crippen LogP contribution in [-0.2, 0) is 4.74 Å². The van der Waals surface area contributed by atoms with Crippen molar-refractivity contribution in [2.45, 2.75) is 20.0 Å². The Morgan fingerprint density at radius 3 is 2.68 bits per heavy atom. The molecule has 22 heavy (non-hydrogen) atoms. The molecule has 6 nitrogen and oxygen atoms in total. The van der Waals surface area contributed by atoms with Crippen molar-refractivity contribution in [2.24, 2.45) is 0 Å². The summed E-state index contributed by atoms with van der Waals surface area (Å²) in [5.74, 6) is 2.03. The zero-order valence-electron chi connectivity index (χ0n) is 13.4. The highest BCUT2D eigenvalue weighted by molar-refractivity contribution is 5.69. The second-order valence-electron chi connectivity index (χ2n) is 4.80. The predicted molar refractivity (Wildman–Crippen MR) is 83.7 cm³/mol. The van der Waals surface area contributed by atoms with Crippen LogP contribution in [0, 0.1) is 0 Å². The molecule has 0 saturated heterocycles. The van der Waals surface area contributed by atoms with Crippen LogP contribution >= 0.6 is 0 Å². The Kier molecular flexibility index (Phi) is 5.66. The molecule has 0 aliphatic heterocycles. The topological polar surface area (TPSA) is 65.6 Å². The molecular formula is C16H22N2O4. The Morgan fingerprint density at radius 1 is 1.23 bits per heavy atom. The van der Waals surface area contributed by atoms with E-state index in [1.165, 1.54) is 0 Å². The molecule has 0 spiro atoms. The Bertz CT molecular complexity index is 598. The summed E-state index contributed by atoms with van der Waals surface area (Å²) in [6, 6.07) is 7.51. The van der Waals surface area contributed by atoms with Crippen LogP contribution in [-0.4, -0.2) is 43.7 Å². The summed E-state index contributed by atoms with van der Waals surface area (Å²) in [5, 5.41) is 7.02. The monoisotopic (exact) mass is 306 g/mol.